The van der Waals surface area contributed by atoms with Crippen molar-refractivity contribution in [2.45, 2.75) is 40.5 Å². The fourth-order valence-electron chi connectivity index (χ4n) is 3.07. The van der Waals surface area contributed by atoms with Crippen molar-refractivity contribution in [2.75, 3.05) is 51.4 Å². The van der Waals surface area contributed by atoms with Crippen molar-refractivity contribution in [3.8, 4) is 0 Å². The standard InChI is InChI=1S/C20H32N2O3.C2H6/c1-16(2)14-21-10-13-25-15-17-8-11-22(12-9-17)19-6-4-18(5-7-19)20(23)24-3;1-2/h4-7,16-17,21H,8-15H2,1-3H3;1-2H3. The third-order valence-corrected chi connectivity index (χ3v) is 4.60. The number of rotatable bonds is 9. The summed E-state index contributed by atoms with van der Waals surface area (Å²) in [7, 11) is 1.41. The van der Waals surface area contributed by atoms with Gasteiger partial charge in [-0.1, -0.05) is 27.7 Å². The van der Waals surface area contributed by atoms with Crippen molar-refractivity contribution < 1.29 is 14.3 Å². The quantitative estimate of drug-likeness (QED) is 0.520. The van der Waals surface area contributed by atoms with Crippen molar-refractivity contribution in [1.29, 1.82) is 0 Å². The zero-order valence-electron chi connectivity index (χ0n) is 17.8. The molecule has 0 spiro atoms. The van der Waals surface area contributed by atoms with Gasteiger partial charge in [0.15, 0.2) is 0 Å². The summed E-state index contributed by atoms with van der Waals surface area (Å²) >= 11 is 0. The van der Waals surface area contributed by atoms with Crippen molar-refractivity contribution in [3.63, 3.8) is 0 Å². The number of benzene rings is 1. The van der Waals surface area contributed by atoms with Gasteiger partial charge >= 0.3 is 5.97 Å². The lowest BCUT2D eigenvalue weighted by molar-refractivity contribution is 0.0600. The largest absolute Gasteiger partial charge is 0.465 e. The smallest absolute Gasteiger partial charge is 0.337 e. The van der Waals surface area contributed by atoms with E-state index >= 15 is 0 Å². The first-order chi connectivity index (χ1) is 13.1. The van der Waals surface area contributed by atoms with Gasteiger partial charge in [0.25, 0.3) is 0 Å². The molecule has 0 bridgehead atoms. The van der Waals surface area contributed by atoms with Crippen LogP contribution in [-0.2, 0) is 9.47 Å². The molecule has 1 saturated heterocycles. The molecule has 1 aliphatic rings. The van der Waals surface area contributed by atoms with E-state index in [1.54, 1.807) is 0 Å². The van der Waals surface area contributed by atoms with E-state index in [-0.39, 0.29) is 5.97 Å². The molecule has 0 aliphatic carbocycles. The van der Waals surface area contributed by atoms with Gasteiger partial charge in [-0.25, -0.2) is 4.79 Å². The van der Waals surface area contributed by atoms with E-state index in [1.165, 1.54) is 12.8 Å². The molecule has 0 saturated carbocycles. The van der Waals surface area contributed by atoms with Gasteiger partial charge in [-0.3, -0.25) is 0 Å². The van der Waals surface area contributed by atoms with Crippen LogP contribution in [0.5, 0.6) is 0 Å². The van der Waals surface area contributed by atoms with Crippen LogP contribution >= 0.6 is 0 Å². The SMILES string of the molecule is CC.COC(=O)c1ccc(N2CCC(COCCNCC(C)C)CC2)cc1. The number of ether oxygens (including phenoxy) is 2. The number of nitrogens with zero attached hydrogens (tertiary/aromatic N) is 1. The molecule has 0 aromatic heterocycles. The monoisotopic (exact) mass is 378 g/mol. The molecule has 5 nitrogen and oxygen atoms in total. The summed E-state index contributed by atoms with van der Waals surface area (Å²) in [6.07, 6.45) is 2.30. The lowest BCUT2D eigenvalue weighted by Gasteiger charge is -2.33. The summed E-state index contributed by atoms with van der Waals surface area (Å²) in [4.78, 5) is 13.9. The highest BCUT2D eigenvalue weighted by molar-refractivity contribution is 5.89. The van der Waals surface area contributed by atoms with Gasteiger partial charge in [0, 0.05) is 31.9 Å². The molecule has 0 radical (unpaired) electrons. The minimum Gasteiger partial charge on any atom is -0.465 e. The summed E-state index contributed by atoms with van der Waals surface area (Å²) in [5.41, 5.74) is 1.77. The van der Waals surface area contributed by atoms with Crippen molar-refractivity contribution in [2.24, 2.45) is 11.8 Å². The molecule has 1 aromatic rings. The minimum absolute atomic E-state index is 0.287. The molecule has 0 atom stereocenters. The molecular weight excluding hydrogens is 340 g/mol. The Hall–Kier alpha value is -1.59. The number of methoxy groups -OCH3 is 1. The van der Waals surface area contributed by atoms with E-state index in [9.17, 15) is 4.79 Å². The number of carbonyl (C=O) groups excluding carboxylic acids is 1. The fraction of sp³-hybridized carbons (Fsp3) is 0.682. The van der Waals surface area contributed by atoms with Gasteiger partial charge in [-0.05, 0) is 55.5 Å². The molecule has 1 heterocycles. The van der Waals surface area contributed by atoms with E-state index in [0.717, 1.165) is 52.2 Å². The number of esters is 1. The number of anilines is 1. The van der Waals surface area contributed by atoms with Crippen LogP contribution in [0.3, 0.4) is 0 Å². The van der Waals surface area contributed by atoms with Crippen LogP contribution in [0.2, 0.25) is 0 Å². The van der Waals surface area contributed by atoms with Gasteiger partial charge < -0.3 is 19.7 Å². The van der Waals surface area contributed by atoms with E-state index in [2.05, 4.69) is 24.1 Å². The Morgan fingerprint density at radius 2 is 1.81 bits per heavy atom. The summed E-state index contributed by atoms with van der Waals surface area (Å²) in [6.45, 7) is 14.1. The first-order valence-corrected chi connectivity index (χ1v) is 10.3. The Bertz CT molecular complexity index is 509. The average molecular weight is 379 g/mol. The van der Waals surface area contributed by atoms with Crippen molar-refractivity contribution in [1.82, 2.24) is 5.32 Å². The lowest BCUT2D eigenvalue weighted by atomic mass is 9.97. The first-order valence-electron chi connectivity index (χ1n) is 10.3. The van der Waals surface area contributed by atoms with Crippen LogP contribution in [0.4, 0.5) is 5.69 Å². The van der Waals surface area contributed by atoms with Crippen molar-refractivity contribution >= 4 is 11.7 Å². The Morgan fingerprint density at radius 3 is 2.37 bits per heavy atom. The normalized spacial score (nSPS) is 14.7. The minimum atomic E-state index is -0.287. The molecule has 1 aromatic carbocycles. The molecule has 1 N–H and O–H groups in total. The number of hydrogen-bond acceptors (Lipinski definition) is 5. The maximum Gasteiger partial charge on any atom is 0.337 e. The van der Waals surface area contributed by atoms with Gasteiger partial charge in [-0.15, -0.1) is 0 Å². The van der Waals surface area contributed by atoms with Gasteiger partial charge in [0.2, 0.25) is 0 Å². The summed E-state index contributed by atoms with van der Waals surface area (Å²) in [5, 5.41) is 3.40. The number of piperidine rings is 1. The molecule has 1 aliphatic heterocycles. The van der Waals surface area contributed by atoms with Crippen LogP contribution < -0.4 is 10.2 Å². The molecule has 154 valence electrons. The van der Waals surface area contributed by atoms with E-state index in [1.807, 2.05) is 38.1 Å². The summed E-state index contributed by atoms with van der Waals surface area (Å²) in [5.74, 6) is 1.05. The highest BCUT2D eigenvalue weighted by Crippen LogP contribution is 2.24. The highest BCUT2D eigenvalue weighted by Gasteiger charge is 2.19. The third-order valence-electron chi connectivity index (χ3n) is 4.60. The van der Waals surface area contributed by atoms with Crippen molar-refractivity contribution in [3.05, 3.63) is 29.8 Å². The van der Waals surface area contributed by atoms with E-state index in [0.29, 0.717) is 17.4 Å². The third kappa shape index (κ3) is 8.76. The second-order valence-electron chi connectivity index (χ2n) is 7.14. The van der Waals surface area contributed by atoms with Crippen LogP contribution in [0.15, 0.2) is 24.3 Å². The number of nitrogens with one attached hydrogen (secondary N) is 1. The first kappa shape index (κ1) is 23.4. The molecule has 27 heavy (non-hydrogen) atoms. The second kappa shape index (κ2) is 13.6. The van der Waals surface area contributed by atoms with E-state index < -0.39 is 0 Å². The molecule has 2 rings (SSSR count). The Kier molecular flexibility index (Phi) is 11.8. The molecule has 0 unspecified atom stereocenters. The Morgan fingerprint density at radius 1 is 1.19 bits per heavy atom. The van der Waals surface area contributed by atoms with Gasteiger partial charge in [-0.2, -0.15) is 0 Å². The maximum absolute atomic E-state index is 11.5. The number of hydrogen-bond donors (Lipinski definition) is 1. The molecular formula is C22H38N2O3. The zero-order chi connectivity index (χ0) is 20.1. The van der Waals surface area contributed by atoms with Crippen LogP contribution in [0, 0.1) is 11.8 Å². The maximum atomic E-state index is 11.5. The number of carbonyl (C=O) groups is 1. The predicted octanol–water partition coefficient (Wildman–Crippen LogP) is 3.98. The molecule has 0 amide bonds. The summed E-state index contributed by atoms with van der Waals surface area (Å²) < 4.78 is 10.6. The molecule has 1 fully saturated rings. The lowest BCUT2D eigenvalue weighted by Crippen LogP contribution is -2.35. The topological polar surface area (TPSA) is 50.8 Å². The Labute approximate surface area is 165 Å². The van der Waals surface area contributed by atoms with Gasteiger partial charge in [0.1, 0.15) is 0 Å². The predicted molar refractivity (Wildman–Crippen MR) is 113 cm³/mol. The highest BCUT2D eigenvalue weighted by atomic mass is 16.5. The summed E-state index contributed by atoms with van der Waals surface area (Å²) in [6, 6.07) is 7.67. The van der Waals surface area contributed by atoms with Crippen LogP contribution in [0.1, 0.15) is 50.9 Å². The molecule has 5 heteroatoms. The fourth-order valence-corrected chi connectivity index (χ4v) is 3.07. The zero-order valence-corrected chi connectivity index (χ0v) is 17.8. The van der Waals surface area contributed by atoms with Gasteiger partial charge in [0.05, 0.1) is 19.3 Å². The average Bonchev–Trinajstić information content (AvgIpc) is 2.72. The van der Waals surface area contributed by atoms with E-state index in [4.69, 9.17) is 9.47 Å². The Balaban J connectivity index is 0.00000176. The van der Waals surface area contributed by atoms with Crippen LogP contribution in [-0.4, -0.2) is 52.5 Å². The van der Waals surface area contributed by atoms with Crippen LogP contribution in [0.25, 0.3) is 0 Å². The second-order valence-corrected chi connectivity index (χ2v) is 7.14.